The Balaban J connectivity index is 1.27. The Morgan fingerprint density at radius 1 is 1.00 bits per heavy atom. The van der Waals surface area contributed by atoms with E-state index in [9.17, 15) is 9.59 Å². The summed E-state index contributed by atoms with van der Waals surface area (Å²) in [5, 5.41) is 2.39. The number of piperazine rings is 1. The molecule has 0 aliphatic carbocycles. The molecule has 0 spiro atoms. The van der Waals surface area contributed by atoms with Crippen molar-refractivity contribution in [1.82, 2.24) is 19.9 Å². The summed E-state index contributed by atoms with van der Waals surface area (Å²) in [6, 6.07) is 11.4. The summed E-state index contributed by atoms with van der Waals surface area (Å²) >= 11 is 1.37. The summed E-state index contributed by atoms with van der Waals surface area (Å²) in [4.78, 5) is 41.1. The van der Waals surface area contributed by atoms with Gasteiger partial charge in [0.05, 0.1) is 0 Å². The molecule has 0 radical (unpaired) electrons. The monoisotopic (exact) mass is 409 g/mol. The topological polar surface area (TPSA) is 88.5 Å². The van der Waals surface area contributed by atoms with Crippen molar-refractivity contribution >= 4 is 29.2 Å². The van der Waals surface area contributed by atoms with Crippen LogP contribution in [0.3, 0.4) is 0 Å². The van der Waals surface area contributed by atoms with Crippen molar-refractivity contribution in [2.24, 2.45) is 0 Å². The van der Waals surface area contributed by atoms with Gasteiger partial charge in [0, 0.05) is 49.5 Å². The van der Waals surface area contributed by atoms with Crippen LogP contribution in [0.4, 0.5) is 5.95 Å². The molecule has 0 saturated carbocycles. The minimum absolute atomic E-state index is 0.215. The molecule has 2 aromatic heterocycles. The van der Waals surface area contributed by atoms with Gasteiger partial charge in [-0.15, -0.1) is 11.3 Å². The Hall–Kier alpha value is -3.33. The average Bonchev–Trinajstić information content (AvgIpc) is 3.29. The van der Waals surface area contributed by atoms with Gasteiger partial charge in [-0.3, -0.25) is 4.79 Å². The molecule has 0 N–H and O–H groups in total. The maximum absolute atomic E-state index is 12.4. The first kappa shape index (κ1) is 19.0. The number of nitrogens with zero attached hydrogens (tertiary/aromatic N) is 5. The predicted molar refractivity (Wildman–Crippen MR) is 109 cm³/mol. The summed E-state index contributed by atoms with van der Waals surface area (Å²) in [7, 11) is 0. The molecule has 8 nitrogen and oxygen atoms in total. The zero-order chi connectivity index (χ0) is 20.1. The van der Waals surface area contributed by atoms with Crippen molar-refractivity contribution < 1.29 is 14.3 Å². The van der Waals surface area contributed by atoms with E-state index in [2.05, 4.69) is 15.0 Å². The number of carbonyl (C=O) groups is 2. The van der Waals surface area contributed by atoms with Crippen LogP contribution in [0.2, 0.25) is 0 Å². The van der Waals surface area contributed by atoms with Gasteiger partial charge in [0.15, 0.2) is 12.3 Å². The molecular weight excluding hydrogens is 390 g/mol. The second-order valence-corrected chi connectivity index (χ2v) is 7.25. The van der Waals surface area contributed by atoms with Gasteiger partial charge >= 0.3 is 5.97 Å². The smallest absolute Gasteiger partial charge is 0.358 e. The third kappa shape index (κ3) is 4.57. The van der Waals surface area contributed by atoms with E-state index < -0.39 is 5.97 Å². The van der Waals surface area contributed by atoms with E-state index in [1.807, 2.05) is 35.2 Å². The highest BCUT2D eigenvalue weighted by Crippen LogP contribution is 2.23. The SMILES string of the molecule is O=C(OCC(=O)N1CCN(c2ncccn2)CC1)c1csc(-c2ccccc2)n1. The molecule has 29 heavy (non-hydrogen) atoms. The van der Waals surface area contributed by atoms with Crippen LogP contribution in [0.15, 0.2) is 54.2 Å². The fraction of sp³-hybridized carbons (Fsp3) is 0.250. The normalized spacial score (nSPS) is 13.9. The molecule has 1 amide bonds. The molecule has 3 aromatic rings. The zero-order valence-electron chi connectivity index (χ0n) is 15.6. The van der Waals surface area contributed by atoms with Crippen LogP contribution in [-0.4, -0.2) is 64.5 Å². The number of aromatic nitrogens is 3. The minimum Gasteiger partial charge on any atom is -0.451 e. The standard InChI is InChI=1S/C20H19N5O3S/c26-17(24-9-11-25(12-10-24)20-21-7-4-8-22-20)13-28-19(27)16-14-29-18(23-16)15-5-2-1-3-6-15/h1-8,14H,9-13H2. The second kappa shape index (κ2) is 8.78. The summed E-state index contributed by atoms with van der Waals surface area (Å²) in [6.07, 6.45) is 3.39. The number of anilines is 1. The fourth-order valence-electron chi connectivity index (χ4n) is 2.98. The van der Waals surface area contributed by atoms with E-state index in [1.54, 1.807) is 28.7 Å². The Morgan fingerprint density at radius 3 is 2.45 bits per heavy atom. The molecule has 3 heterocycles. The van der Waals surface area contributed by atoms with Gasteiger partial charge in [-0.05, 0) is 6.07 Å². The first-order valence-corrected chi connectivity index (χ1v) is 10.1. The number of hydrogen-bond acceptors (Lipinski definition) is 8. The van der Waals surface area contributed by atoms with Crippen molar-refractivity contribution in [1.29, 1.82) is 0 Å². The van der Waals surface area contributed by atoms with Gasteiger partial charge < -0.3 is 14.5 Å². The molecule has 1 aromatic carbocycles. The molecule has 0 bridgehead atoms. The number of hydrogen-bond donors (Lipinski definition) is 0. The van der Waals surface area contributed by atoms with Crippen LogP contribution >= 0.6 is 11.3 Å². The van der Waals surface area contributed by atoms with Crippen molar-refractivity contribution in [2.45, 2.75) is 0 Å². The van der Waals surface area contributed by atoms with Crippen LogP contribution in [0.5, 0.6) is 0 Å². The predicted octanol–water partition coefficient (Wildman–Crippen LogP) is 2.11. The summed E-state index contributed by atoms with van der Waals surface area (Å²) < 4.78 is 5.18. The van der Waals surface area contributed by atoms with Gasteiger partial charge in [0.25, 0.3) is 5.91 Å². The number of amides is 1. The van der Waals surface area contributed by atoms with E-state index in [-0.39, 0.29) is 18.2 Å². The molecule has 1 aliphatic rings. The fourth-order valence-corrected chi connectivity index (χ4v) is 3.78. The molecule has 1 fully saturated rings. The highest BCUT2D eigenvalue weighted by atomic mass is 32.1. The number of thiazole rings is 1. The molecule has 1 saturated heterocycles. The van der Waals surface area contributed by atoms with Crippen LogP contribution < -0.4 is 4.90 Å². The van der Waals surface area contributed by atoms with Gasteiger partial charge in [-0.2, -0.15) is 0 Å². The summed E-state index contributed by atoms with van der Waals surface area (Å²) in [5.74, 6) is -0.151. The Morgan fingerprint density at radius 2 is 1.72 bits per heavy atom. The van der Waals surface area contributed by atoms with Gasteiger partial charge in [0.1, 0.15) is 5.01 Å². The van der Waals surface area contributed by atoms with E-state index in [4.69, 9.17) is 4.74 Å². The van der Waals surface area contributed by atoms with Gasteiger partial charge in [0.2, 0.25) is 5.95 Å². The number of esters is 1. The maximum atomic E-state index is 12.4. The average molecular weight is 409 g/mol. The zero-order valence-corrected chi connectivity index (χ0v) is 16.4. The maximum Gasteiger partial charge on any atom is 0.358 e. The highest BCUT2D eigenvalue weighted by Gasteiger charge is 2.24. The van der Waals surface area contributed by atoms with Gasteiger partial charge in [-0.25, -0.2) is 19.7 Å². The third-order valence-electron chi connectivity index (χ3n) is 4.53. The first-order chi connectivity index (χ1) is 14.2. The van der Waals surface area contributed by atoms with Crippen LogP contribution in [0, 0.1) is 0 Å². The minimum atomic E-state index is -0.590. The van der Waals surface area contributed by atoms with Crippen LogP contribution in [0.25, 0.3) is 10.6 Å². The number of rotatable bonds is 5. The molecule has 148 valence electrons. The number of benzene rings is 1. The summed E-state index contributed by atoms with van der Waals surface area (Å²) in [5.41, 5.74) is 1.15. The van der Waals surface area contributed by atoms with Crippen LogP contribution in [0.1, 0.15) is 10.5 Å². The Bertz CT molecular complexity index is 972. The Labute approximate surface area is 171 Å². The van der Waals surface area contributed by atoms with E-state index in [1.165, 1.54) is 11.3 Å². The lowest BCUT2D eigenvalue weighted by Gasteiger charge is -2.34. The lowest BCUT2D eigenvalue weighted by atomic mass is 10.2. The number of ether oxygens (including phenoxy) is 1. The van der Waals surface area contributed by atoms with E-state index in [0.717, 1.165) is 10.6 Å². The molecule has 9 heteroatoms. The largest absolute Gasteiger partial charge is 0.451 e. The quantitative estimate of drug-likeness (QED) is 0.596. The lowest BCUT2D eigenvalue weighted by Crippen LogP contribution is -2.50. The second-order valence-electron chi connectivity index (χ2n) is 6.40. The highest BCUT2D eigenvalue weighted by molar-refractivity contribution is 7.13. The molecule has 0 unspecified atom stereocenters. The van der Waals surface area contributed by atoms with Crippen molar-refractivity contribution in [2.75, 3.05) is 37.7 Å². The van der Waals surface area contributed by atoms with E-state index >= 15 is 0 Å². The Kier molecular flexibility index (Phi) is 5.76. The van der Waals surface area contributed by atoms with Crippen molar-refractivity contribution in [3.63, 3.8) is 0 Å². The molecular formula is C20H19N5O3S. The van der Waals surface area contributed by atoms with Crippen molar-refractivity contribution in [3.8, 4) is 10.6 Å². The van der Waals surface area contributed by atoms with Crippen LogP contribution in [-0.2, 0) is 9.53 Å². The van der Waals surface area contributed by atoms with E-state index in [0.29, 0.717) is 32.1 Å². The lowest BCUT2D eigenvalue weighted by molar-refractivity contribution is -0.134. The molecule has 4 rings (SSSR count). The molecule has 0 atom stereocenters. The van der Waals surface area contributed by atoms with Crippen molar-refractivity contribution in [3.05, 3.63) is 59.9 Å². The van der Waals surface area contributed by atoms with Gasteiger partial charge in [-0.1, -0.05) is 30.3 Å². The first-order valence-electron chi connectivity index (χ1n) is 9.18. The summed E-state index contributed by atoms with van der Waals surface area (Å²) in [6.45, 7) is 2.04. The third-order valence-corrected chi connectivity index (χ3v) is 5.42. The molecule has 1 aliphatic heterocycles. The number of carbonyl (C=O) groups excluding carboxylic acids is 2.